The molecule has 0 radical (unpaired) electrons. The van der Waals surface area contributed by atoms with Crippen molar-refractivity contribution in [3.63, 3.8) is 0 Å². The van der Waals surface area contributed by atoms with Crippen molar-refractivity contribution in [2.75, 3.05) is 7.11 Å². The van der Waals surface area contributed by atoms with E-state index in [1.54, 1.807) is 7.11 Å². The van der Waals surface area contributed by atoms with Crippen LogP contribution in [0.5, 0.6) is 5.75 Å². The van der Waals surface area contributed by atoms with Crippen LogP contribution in [0, 0.1) is 6.92 Å². The van der Waals surface area contributed by atoms with Crippen LogP contribution in [-0.2, 0) is 4.79 Å². The fraction of sp³-hybridized carbons (Fsp3) is 0.0909. The van der Waals surface area contributed by atoms with E-state index >= 15 is 0 Å². The minimum atomic E-state index is -0.152. The summed E-state index contributed by atoms with van der Waals surface area (Å²) in [7, 11) is 1.64. The summed E-state index contributed by atoms with van der Waals surface area (Å²) in [5.74, 6) is 0.583. The lowest BCUT2D eigenvalue weighted by Crippen LogP contribution is -2.19. The molecule has 1 saturated heterocycles. The Labute approximate surface area is 162 Å². The summed E-state index contributed by atoms with van der Waals surface area (Å²) in [6, 6.07) is 19.9. The van der Waals surface area contributed by atoms with Crippen LogP contribution in [0.1, 0.15) is 11.1 Å². The molecule has 4 nitrogen and oxygen atoms in total. The molecule has 1 amide bonds. The molecule has 3 aromatic carbocycles. The average molecular weight is 374 g/mol. The molecule has 1 N–H and O–H groups in total. The van der Waals surface area contributed by atoms with E-state index in [0.717, 1.165) is 27.8 Å². The fourth-order valence-electron chi connectivity index (χ4n) is 2.95. The van der Waals surface area contributed by atoms with E-state index in [2.05, 4.69) is 10.3 Å². The van der Waals surface area contributed by atoms with Gasteiger partial charge in [0.15, 0.2) is 5.17 Å². The first-order valence-corrected chi connectivity index (χ1v) is 9.38. The van der Waals surface area contributed by atoms with Crippen LogP contribution in [0.4, 0.5) is 5.69 Å². The molecule has 5 heteroatoms. The lowest BCUT2D eigenvalue weighted by atomic mass is 10.0. The number of aliphatic imine (C=N–C) groups is 1. The van der Waals surface area contributed by atoms with Crippen LogP contribution >= 0.6 is 11.8 Å². The summed E-state index contributed by atoms with van der Waals surface area (Å²) < 4.78 is 5.52. The van der Waals surface area contributed by atoms with Gasteiger partial charge in [-0.3, -0.25) is 4.79 Å². The summed E-state index contributed by atoms with van der Waals surface area (Å²) in [4.78, 5) is 17.6. The Morgan fingerprint density at radius 1 is 1.04 bits per heavy atom. The van der Waals surface area contributed by atoms with Crippen LogP contribution in [0.3, 0.4) is 0 Å². The quantitative estimate of drug-likeness (QED) is 0.653. The topological polar surface area (TPSA) is 50.7 Å². The van der Waals surface area contributed by atoms with Crippen molar-refractivity contribution in [1.29, 1.82) is 0 Å². The summed E-state index contributed by atoms with van der Waals surface area (Å²) in [5.41, 5.74) is 2.88. The highest BCUT2D eigenvalue weighted by molar-refractivity contribution is 8.18. The number of aryl methyl sites for hydroxylation is 1. The minimum absolute atomic E-state index is 0.152. The number of hydrogen-bond acceptors (Lipinski definition) is 4. The molecule has 3 aromatic rings. The second-order valence-electron chi connectivity index (χ2n) is 6.22. The number of rotatable bonds is 3. The SMILES string of the molecule is COc1ccc2ccccc2c1/C=C1/SC(=Nc2ccc(C)cc2)NC1=O. The number of thioether (sulfide) groups is 1. The number of amidine groups is 1. The largest absolute Gasteiger partial charge is 0.496 e. The molecule has 0 atom stereocenters. The number of benzene rings is 3. The zero-order valence-corrected chi connectivity index (χ0v) is 15.8. The van der Waals surface area contributed by atoms with E-state index in [1.165, 1.54) is 17.3 Å². The standard InChI is InChI=1S/C22H18N2O2S/c1-14-7-10-16(11-8-14)23-22-24-21(25)20(27-22)13-18-17-6-4-3-5-15(17)9-12-19(18)26-2/h3-13H,1-2H3,(H,23,24,25)/b20-13+. The van der Waals surface area contributed by atoms with Crippen LogP contribution in [0.25, 0.3) is 16.8 Å². The number of carbonyl (C=O) groups is 1. The first-order chi connectivity index (χ1) is 13.1. The van der Waals surface area contributed by atoms with Crippen LogP contribution in [0.2, 0.25) is 0 Å². The lowest BCUT2D eigenvalue weighted by Gasteiger charge is -2.09. The number of amides is 1. The molecule has 1 aliphatic heterocycles. The highest BCUT2D eigenvalue weighted by Gasteiger charge is 2.24. The molecule has 27 heavy (non-hydrogen) atoms. The third-order valence-electron chi connectivity index (χ3n) is 4.34. The number of carbonyl (C=O) groups excluding carboxylic acids is 1. The van der Waals surface area contributed by atoms with Gasteiger partial charge in [-0.2, -0.15) is 0 Å². The minimum Gasteiger partial charge on any atom is -0.496 e. The second kappa shape index (κ2) is 7.29. The number of nitrogens with one attached hydrogen (secondary N) is 1. The summed E-state index contributed by atoms with van der Waals surface area (Å²) in [5, 5.41) is 5.56. The predicted octanol–water partition coefficient (Wildman–Crippen LogP) is 5.05. The maximum Gasteiger partial charge on any atom is 0.264 e. The van der Waals surface area contributed by atoms with Gasteiger partial charge in [0, 0.05) is 5.56 Å². The smallest absolute Gasteiger partial charge is 0.264 e. The van der Waals surface area contributed by atoms with Crippen molar-refractivity contribution < 1.29 is 9.53 Å². The van der Waals surface area contributed by atoms with Gasteiger partial charge < -0.3 is 10.1 Å². The van der Waals surface area contributed by atoms with Gasteiger partial charge in [-0.15, -0.1) is 0 Å². The Hall–Kier alpha value is -3.05. The van der Waals surface area contributed by atoms with E-state index < -0.39 is 0 Å². The van der Waals surface area contributed by atoms with Gasteiger partial charge in [-0.25, -0.2) is 4.99 Å². The van der Waals surface area contributed by atoms with Crippen molar-refractivity contribution in [2.24, 2.45) is 4.99 Å². The van der Waals surface area contributed by atoms with Crippen molar-refractivity contribution >= 4 is 45.4 Å². The maximum atomic E-state index is 12.4. The summed E-state index contributed by atoms with van der Waals surface area (Å²) in [6.45, 7) is 2.03. The Morgan fingerprint density at radius 2 is 1.81 bits per heavy atom. The molecule has 0 bridgehead atoms. The van der Waals surface area contributed by atoms with Gasteiger partial charge in [0.05, 0.1) is 17.7 Å². The lowest BCUT2D eigenvalue weighted by molar-refractivity contribution is -0.115. The molecule has 0 saturated carbocycles. The number of nitrogens with zero attached hydrogens (tertiary/aromatic N) is 1. The Bertz CT molecular complexity index is 1090. The van der Waals surface area contributed by atoms with Crippen LogP contribution in [0.15, 0.2) is 70.6 Å². The van der Waals surface area contributed by atoms with E-state index in [1.807, 2.05) is 73.7 Å². The van der Waals surface area contributed by atoms with Crippen LogP contribution < -0.4 is 10.1 Å². The molecule has 1 heterocycles. The first kappa shape index (κ1) is 17.4. The van der Waals surface area contributed by atoms with Gasteiger partial charge in [0.25, 0.3) is 5.91 Å². The van der Waals surface area contributed by atoms with Crippen molar-refractivity contribution in [2.45, 2.75) is 6.92 Å². The van der Waals surface area contributed by atoms with Crippen molar-refractivity contribution in [3.8, 4) is 5.75 Å². The van der Waals surface area contributed by atoms with Gasteiger partial charge in [0.1, 0.15) is 5.75 Å². The molecule has 1 fully saturated rings. The fourth-order valence-corrected chi connectivity index (χ4v) is 3.77. The Morgan fingerprint density at radius 3 is 2.59 bits per heavy atom. The number of methoxy groups -OCH3 is 1. The van der Waals surface area contributed by atoms with E-state index in [0.29, 0.717) is 10.1 Å². The van der Waals surface area contributed by atoms with Crippen molar-refractivity contribution in [1.82, 2.24) is 5.32 Å². The van der Waals surface area contributed by atoms with Gasteiger partial charge >= 0.3 is 0 Å². The molecule has 0 aromatic heterocycles. The molecule has 1 aliphatic rings. The van der Waals surface area contributed by atoms with Gasteiger partial charge in [-0.05, 0) is 53.7 Å². The Balaban J connectivity index is 1.72. The number of hydrogen-bond donors (Lipinski definition) is 1. The molecular weight excluding hydrogens is 356 g/mol. The molecular formula is C22H18N2O2S. The zero-order valence-electron chi connectivity index (χ0n) is 15.0. The normalized spacial score (nSPS) is 16.9. The highest BCUT2D eigenvalue weighted by atomic mass is 32.2. The van der Waals surface area contributed by atoms with Crippen molar-refractivity contribution in [3.05, 3.63) is 76.7 Å². The molecule has 0 unspecified atom stereocenters. The zero-order chi connectivity index (χ0) is 18.8. The Kier molecular flexibility index (Phi) is 4.69. The van der Waals surface area contributed by atoms with Gasteiger partial charge in [0.2, 0.25) is 0 Å². The third-order valence-corrected chi connectivity index (χ3v) is 5.25. The van der Waals surface area contributed by atoms with Crippen LogP contribution in [-0.4, -0.2) is 18.2 Å². The first-order valence-electron chi connectivity index (χ1n) is 8.56. The summed E-state index contributed by atoms with van der Waals surface area (Å²) >= 11 is 1.34. The molecule has 0 aliphatic carbocycles. The number of fused-ring (bicyclic) bond motifs is 1. The summed E-state index contributed by atoms with van der Waals surface area (Å²) in [6.07, 6.45) is 1.87. The molecule has 4 rings (SSSR count). The predicted molar refractivity (Wildman–Crippen MR) is 112 cm³/mol. The third kappa shape index (κ3) is 3.59. The van der Waals surface area contributed by atoms with E-state index in [4.69, 9.17) is 4.74 Å². The molecule has 134 valence electrons. The second-order valence-corrected chi connectivity index (χ2v) is 7.25. The van der Waals surface area contributed by atoms with Gasteiger partial charge in [-0.1, -0.05) is 48.0 Å². The number of ether oxygens (including phenoxy) is 1. The maximum absolute atomic E-state index is 12.4. The van der Waals surface area contributed by atoms with E-state index in [9.17, 15) is 4.79 Å². The average Bonchev–Trinajstić information content (AvgIpc) is 3.03. The van der Waals surface area contributed by atoms with E-state index in [-0.39, 0.29) is 5.91 Å². The highest BCUT2D eigenvalue weighted by Crippen LogP contribution is 2.34. The molecule has 0 spiro atoms. The monoisotopic (exact) mass is 374 g/mol.